The summed E-state index contributed by atoms with van der Waals surface area (Å²) in [4.78, 5) is 8.24. The van der Waals surface area contributed by atoms with Crippen LogP contribution in [0.3, 0.4) is 0 Å². The molecule has 0 unspecified atom stereocenters. The third kappa shape index (κ3) is 1.16. The Labute approximate surface area is 71.3 Å². The molecular weight excluding hydrogens is 148 g/mol. The van der Waals surface area contributed by atoms with Crippen LogP contribution in [-0.2, 0) is 6.42 Å². The number of aromatic nitrogens is 2. The number of nitrogens with zero attached hydrogens (tertiary/aromatic N) is 2. The maximum absolute atomic E-state index is 4.25. The van der Waals surface area contributed by atoms with Gasteiger partial charge in [0.25, 0.3) is 0 Å². The molecule has 0 atom stereocenters. The van der Waals surface area contributed by atoms with Gasteiger partial charge in [-0.25, -0.2) is 0 Å². The molecule has 12 heavy (non-hydrogen) atoms. The van der Waals surface area contributed by atoms with Crippen LogP contribution in [0.4, 0.5) is 0 Å². The predicted octanol–water partition coefficient (Wildman–Crippen LogP) is 2.01. The van der Waals surface area contributed by atoms with Crippen LogP contribution in [0.1, 0.15) is 5.56 Å². The Hall–Kier alpha value is -1.44. The van der Waals surface area contributed by atoms with Crippen LogP contribution in [0.2, 0.25) is 0 Å². The van der Waals surface area contributed by atoms with Gasteiger partial charge in [-0.1, -0.05) is 0 Å². The van der Waals surface area contributed by atoms with Gasteiger partial charge in [-0.05, 0) is 31.0 Å². The molecule has 0 aliphatic rings. The van der Waals surface area contributed by atoms with E-state index in [-0.39, 0.29) is 0 Å². The van der Waals surface area contributed by atoms with Crippen molar-refractivity contribution in [3.63, 3.8) is 0 Å². The Bertz CT molecular complexity index is 396. The van der Waals surface area contributed by atoms with Gasteiger partial charge in [0.15, 0.2) is 0 Å². The molecule has 59 valence electrons. The first-order valence-electron chi connectivity index (χ1n) is 3.88. The average molecular weight is 157 g/mol. The van der Waals surface area contributed by atoms with Crippen LogP contribution >= 0.6 is 0 Å². The van der Waals surface area contributed by atoms with E-state index in [2.05, 4.69) is 23.0 Å². The predicted molar refractivity (Wildman–Crippen MR) is 48.6 cm³/mol. The third-order valence-corrected chi connectivity index (χ3v) is 1.83. The summed E-state index contributed by atoms with van der Waals surface area (Å²) in [6.45, 7) is 3.81. The fourth-order valence-corrected chi connectivity index (χ4v) is 1.15. The summed E-state index contributed by atoms with van der Waals surface area (Å²) < 4.78 is 0. The summed E-state index contributed by atoms with van der Waals surface area (Å²) in [5.41, 5.74) is 2.10. The molecule has 0 N–H and O–H groups in total. The van der Waals surface area contributed by atoms with Crippen LogP contribution in [0.15, 0.2) is 30.7 Å². The Kier molecular flexibility index (Phi) is 1.74. The number of rotatable bonds is 1. The summed E-state index contributed by atoms with van der Waals surface area (Å²) in [5, 5.41) is 1.13. The Morgan fingerprint density at radius 2 is 2.25 bits per heavy atom. The molecule has 0 amide bonds. The lowest BCUT2D eigenvalue weighted by atomic mass is 10.2. The van der Waals surface area contributed by atoms with Gasteiger partial charge in [0, 0.05) is 17.8 Å². The minimum atomic E-state index is 0.783. The SMILES string of the molecule is [CH2]Cc1cnc2cnccc2c1. The average Bonchev–Trinajstić information content (AvgIpc) is 2.17. The molecule has 2 nitrogen and oxygen atoms in total. The van der Waals surface area contributed by atoms with Crippen LogP contribution in [-0.4, -0.2) is 9.97 Å². The van der Waals surface area contributed by atoms with Crippen molar-refractivity contribution in [2.24, 2.45) is 0 Å². The van der Waals surface area contributed by atoms with E-state index < -0.39 is 0 Å². The highest BCUT2D eigenvalue weighted by molar-refractivity contribution is 5.77. The summed E-state index contributed by atoms with van der Waals surface area (Å²) >= 11 is 0. The van der Waals surface area contributed by atoms with Crippen LogP contribution < -0.4 is 0 Å². The first kappa shape index (κ1) is 7.22. The molecule has 2 aromatic heterocycles. The largest absolute Gasteiger partial charge is 0.262 e. The lowest BCUT2D eigenvalue weighted by molar-refractivity contribution is 1.21. The van der Waals surface area contributed by atoms with Crippen LogP contribution in [0, 0.1) is 6.92 Å². The van der Waals surface area contributed by atoms with Gasteiger partial charge in [0.2, 0.25) is 0 Å². The minimum absolute atomic E-state index is 0.783. The fourth-order valence-electron chi connectivity index (χ4n) is 1.15. The molecule has 2 heteroatoms. The molecule has 0 aromatic carbocycles. The monoisotopic (exact) mass is 157 g/mol. The molecule has 0 saturated heterocycles. The smallest absolute Gasteiger partial charge is 0.0885 e. The molecule has 2 rings (SSSR count). The standard InChI is InChI=1S/C10H9N2/c1-2-8-5-9-3-4-11-7-10(9)12-6-8/h3-7H,1-2H2. The van der Waals surface area contributed by atoms with Gasteiger partial charge in [-0.2, -0.15) is 0 Å². The van der Waals surface area contributed by atoms with Crippen molar-refractivity contribution in [3.05, 3.63) is 43.2 Å². The molecular formula is C10H9N2. The summed E-state index contributed by atoms with van der Waals surface area (Å²) in [5.74, 6) is 0. The first-order chi connectivity index (χ1) is 5.90. The van der Waals surface area contributed by atoms with Crippen molar-refractivity contribution in [3.8, 4) is 0 Å². The van der Waals surface area contributed by atoms with E-state index in [9.17, 15) is 0 Å². The number of hydrogen-bond donors (Lipinski definition) is 0. The summed E-state index contributed by atoms with van der Waals surface area (Å²) in [7, 11) is 0. The Morgan fingerprint density at radius 3 is 3.08 bits per heavy atom. The maximum atomic E-state index is 4.25. The first-order valence-corrected chi connectivity index (χ1v) is 3.88. The van der Waals surface area contributed by atoms with Crippen LogP contribution in [0.25, 0.3) is 10.9 Å². The zero-order valence-corrected chi connectivity index (χ0v) is 6.70. The molecule has 2 aromatic rings. The second kappa shape index (κ2) is 2.89. The molecule has 0 bridgehead atoms. The molecule has 0 aliphatic carbocycles. The van der Waals surface area contributed by atoms with Crippen LogP contribution in [0.5, 0.6) is 0 Å². The molecule has 0 aliphatic heterocycles. The fraction of sp³-hybridized carbons (Fsp3) is 0.100. The van der Waals surface area contributed by atoms with Gasteiger partial charge in [-0.3, -0.25) is 9.97 Å². The minimum Gasteiger partial charge on any atom is -0.262 e. The van der Waals surface area contributed by atoms with E-state index in [1.54, 1.807) is 12.4 Å². The van der Waals surface area contributed by atoms with E-state index in [1.807, 2.05) is 12.3 Å². The quantitative estimate of drug-likeness (QED) is 0.632. The van der Waals surface area contributed by atoms with Crippen molar-refractivity contribution < 1.29 is 0 Å². The lowest BCUT2D eigenvalue weighted by Crippen LogP contribution is -1.85. The van der Waals surface area contributed by atoms with Gasteiger partial charge in [0.05, 0.1) is 11.7 Å². The van der Waals surface area contributed by atoms with Gasteiger partial charge in [-0.15, -0.1) is 0 Å². The molecule has 0 spiro atoms. The molecule has 0 saturated carbocycles. The lowest BCUT2D eigenvalue weighted by Gasteiger charge is -1.98. The number of hydrogen-bond acceptors (Lipinski definition) is 2. The second-order valence-electron chi connectivity index (χ2n) is 2.66. The highest BCUT2D eigenvalue weighted by atomic mass is 14.7. The van der Waals surface area contributed by atoms with Gasteiger partial charge >= 0.3 is 0 Å². The second-order valence-corrected chi connectivity index (χ2v) is 2.66. The van der Waals surface area contributed by atoms with Crippen molar-refractivity contribution in [2.75, 3.05) is 0 Å². The molecule has 2 heterocycles. The molecule has 0 fully saturated rings. The highest BCUT2D eigenvalue weighted by Crippen LogP contribution is 2.11. The van der Waals surface area contributed by atoms with E-state index in [1.165, 1.54) is 0 Å². The Morgan fingerprint density at radius 1 is 1.33 bits per heavy atom. The van der Waals surface area contributed by atoms with Crippen molar-refractivity contribution >= 4 is 10.9 Å². The number of fused-ring (bicyclic) bond motifs is 1. The highest BCUT2D eigenvalue weighted by Gasteiger charge is 1.94. The maximum Gasteiger partial charge on any atom is 0.0885 e. The third-order valence-electron chi connectivity index (χ3n) is 1.83. The van der Waals surface area contributed by atoms with Crippen molar-refractivity contribution in [1.29, 1.82) is 0 Å². The van der Waals surface area contributed by atoms with E-state index in [0.717, 1.165) is 22.9 Å². The van der Waals surface area contributed by atoms with Crippen molar-refractivity contribution in [2.45, 2.75) is 6.42 Å². The van der Waals surface area contributed by atoms with E-state index in [4.69, 9.17) is 0 Å². The number of pyridine rings is 2. The zero-order chi connectivity index (χ0) is 8.39. The summed E-state index contributed by atoms with van der Waals surface area (Å²) in [6.07, 6.45) is 6.17. The molecule has 1 radical (unpaired) electrons. The summed E-state index contributed by atoms with van der Waals surface area (Å²) in [6, 6.07) is 4.05. The van der Waals surface area contributed by atoms with E-state index >= 15 is 0 Å². The van der Waals surface area contributed by atoms with Gasteiger partial charge in [0.1, 0.15) is 0 Å². The van der Waals surface area contributed by atoms with E-state index in [0.29, 0.717) is 0 Å². The normalized spacial score (nSPS) is 10.4. The Balaban J connectivity index is 2.67. The van der Waals surface area contributed by atoms with Crippen molar-refractivity contribution in [1.82, 2.24) is 9.97 Å². The van der Waals surface area contributed by atoms with Gasteiger partial charge < -0.3 is 0 Å². The zero-order valence-electron chi connectivity index (χ0n) is 6.70. The topological polar surface area (TPSA) is 25.8 Å².